The zero-order valence-corrected chi connectivity index (χ0v) is 19.5. The van der Waals surface area contributed by atoms with Crippen molar-refractivity contribution in [2.75, 3.05) is 16.8 Å². The van der Waals surface area contributed by atoms with Crippen molar-refractivity contribution in [2.45, 2.75) is 25.7 Å². The number of hydrogen-bond donors (Lipinski definition) is 1. The molecule has 1 N–H and O–H groups in total. The van der Waals surface area contributed by atoms with Crippen molar-refractivity contribution in [1.82, 2.24) is 4.90 Å². The minimum atomic E-state index is -0.560. The molecule has 3 aliphatic rings. The van der Waals surface area contributed by atoms with E-state index in [4.69, 9.17) is 11.6 Å². The van der Waals surface area contributed by atoms with E-state index in [1.807, 2.05) is 0 Å². The molecule has 2 atom stereocenters. The van der Waals surface area contributed by atoms with Crippen molar-refractivity contribution >= 4 is 52.5 Å². The Kier molecular flexibility index (Phi) is 5.76. The van der Waals surface area contributed by atoms with E-state index in [-0.39, 0.29) is 58.3 Å². The molecule has 1 saturated carbocycles. The van der Waals surface area contributed by atoms with Gasteiger partial charge in [-0.1, -0.05) is 30.5 Å². The minimum Gasteiger partial charge on any atom is -0.320 e. The van der Waals surface area contributed by atoms with Crippen molar-refractivity contribution in [3.63, 3.8) is 0 Å². The lowest BCUT2D eigenvalue weighted by Gasteiger charge is -2.20. The van der Waals surface area contributed by atoms with E-state index in [0.717, 1.165) is 22.6 Å². The number of nitrogens with zero attached hydrogens (tertiary/aromatic N) is 2. The van der Waals surface area contributed by atoms with Crippen LogP contribution in [0.3, 0.4) is 0 Å². The second kappa shape index (κ2) is 8.78. The van der Waals surface area contributed by atoms with E-state index in [0.29, 0.717) is 17.9 Å². The number of imide groups is 2. The number of benzene rings is 2. The summed E-state index contributed by atoms with van der Waals surface area (Å²) in [5.41, 5.74) is 0.973. The van der Waals surface area contributed by atoms with E-state index in [1.54, 1.807) is 6.07 Å². The third-order valence-corrected chi connectivity index (χ3v) is 7.07. The first-order valence-electron chi connectivity index (χ1n) is 11.4. The van der Waals surface area contributed by atoms with Gasteiger partial charge in [-0.15, -0.1) is 6.58 Å². The smallest absolute Gasteiger partial charge is 0.261 e. The number of amides is 5. The van der Waals surface area contributed by atoms with Crippen LogP contribution in [-0.2, 0) is 9.59 Å². The van der Waals surface area contributed by atoms with E-state index in [2.05, 4.69) is 11.9 Å². The van der Waals surface area contributed by atoms with Gasteiger partial charge in [0.1, 0.15) is 0 Å². The maximum absolute atomic E-state index is 13.1. The summed E-state index contributed by atoms with van der Waals surface area (Å²) in [5.74, 6) is -2.75. The molecule has 9 heteroatoms. The van der Waals surface area contributed by atoms with Crippen LogP contribution in [0.2, 0.25) is 5.02 Å². The molecule has 0 spiro atoms. The number of nitrogens with one attached hydrogen (secondary N) is 1. The van der Waals surface area contributed by atoms with E-state index >= 15 is 0 Å². The summed E-state index contributed by atoms with van der Waals surface area (Å²) in [6, 6.07) is 8.83. The van der Waals surface area contributed by atoms with Gasteiger partial charge in [-0.3, -0.25) is 28.9 Å². The van der Waals surface area contributed by atoms with Gasteiger partial charge in [0.25, 0.3) is 17.7 Å². The van der Waals surface area contributed by atoms with Crippen LogP contribution in [-0.4, -0.2) is 41.0 Å². The highest BCUT2D eigenvalue weighted by Gasteiger charge is 2.49. The Labute approximate surface area is 206 Å². The molecule has 2 unspecified atom stereocenters. The molecule has 2 aromatic rings. The molecule has 2 heterocycles. The monoisotopic (exact) mass is 491 g/mol. The molecule has 8 nitrogen and oxygen atoms in total. The average molecular weight is 492 g/mol. The van der Waals surface area contributed by atoms with Gasteiger partial charge in [0.15, 0.2) is 0 Å². The van der Waals surface area contributed by atoms with E-state index in [9.17, 15) is 24.0 Å². The molecule has 5 rings (SSSR count). The molecule has 2 fully saturated rings. The number of carbonyl (C=O) groups is 5. The fraction of sp³-hybridized carbons (Fsp3) is 0.269. The Morgan fingerprint density at radius 3 is 2.29 bits per heavy atom. The van der Waals surface area contributed by atoms with Crippen LogP contribution >= 0.6 is 11.6 Å². The van der Waals surface area contributed by atoms with Gasteiger partial charge in [-0.05, 0) is 49.2 Å². The first-order valence-corrected chi connectivity index (χ1v) is 11.8. The minimum absolute atomic E-state index is 0.0713. The molecule has 5 amide bonds. The number of rotatable bonds is 5. The lowest BCUT2D eigenvalue weighted by molar-refractivity contribution is -0.122. The number of hydrogen-bond acceptors (Lipinski definition) is 5. The fourth-order valence-electron chi connectivity index (χ4n) is 5.12. The summed E-state index contributed by atoms with van der Waals surface area (Å²) in [5, 5.41) is 3.05. The van der Waals surface area contributed by atoms with Crippen LogP contribution < -0.4 is 10.2 Å². The van der Waals surface area contributed by atoms with Gasteiger partial charge >= 0.3 is 0 Å². The molecule has 1 saturated heterocycles. The SMILES string of the molecule is C=CCN1C(=O)c2ccc(C(=O)Nc3ccc(Cl)cc3N3C(=O)C4CCCCC4C3=O)cc2C1=O. The van der Waals surface area contributed by atoms with Gasteiger partial charge in [0, 0.05) is 17.1 Å². The number of halogens is 1. The van der Waals surface area contributed by atoms with Crippen LogP contribution in [0.25, 0.3) is 0 Å². The Morgan fingerprint density at radius 1 is 0.971 bits per heavy atom. The first kappa shape index (κ1) is 23.0. The maximum atomic E-state index is 13.1. The largest absolute Gasteiger partial charge is 0.320 e. The van der Waals surface area contributed by atoms with Crippen molar-refractivity contribution in [3.05, 3.63) is 70.8 Å². The Morgan fingerprint density at radius 2 is 1.63 bits per heavy atom. The standard InChI is InChI=1S/C26H22ClN3O5/c1-2-11-29-23(32)18-9-7-14(12-19(18)24(29)33)22(31)28-20-10-8-15(27)13-21(20)30-25(34)16-5-3-4-6-17(16)26(30)35/h2,7-10,12-13,16-17H,1,3-6,11H2,(H,28,31). The van der Waals surface area contributed by atoms with Gasteiger partial charge in [0.05, 0.1) is 34.3 Å². The molecule has 2 aliphatic heterocycles. The van der Waals surface area contributed by atoms with Crippen LogP contribution in [0.1, 0.15) is 56.8 Å². The zero-order valence-electron chi connectivity index (χ0n) is 18.8. The molecule has 0 bridgehead atoms. The zero-order chi connectivity index (χ0) is 24.9. The van der Waals surface area contributed by atoms with Crippen LogP contribution in [0.4, 0.5) is 11.4 Å². The molecule has 178 valence electrons. The second-order valence-corrected chi connectivity index (χ2v) is 9.33. The summed E-state index contributed by atoms with van der Waals surface area (Å²) in [6.07, 6.45) is 4.58. The topological polar surface area (TPSA) is 104 Å². The van der Waals surface area contributed by atoms with E-state index in [1.165, 1.54) is 36.4 Å². The van der Waals surface area contributed by atoms with Gasteiger partial charge in [-0.2, -0.15) is 0 Å². The second-order valence-electron chi connectivity index (χ2n) is 8.89. The third kappa shape index (κ3) is 3.74. The lowest BCUT2D eigenvalue weighted by atomic mass is 9.81. The Bertz CT molecular complexity index is 1300. The molecule has 1 aliphatic carbocycles. The van der Waals surface area contributed by atoms with Gasteiger partial charge < -0.3 is 5.32 Å². The van der Waals surface area contributed by atoms with Crippen molar-refractivity contribution < 1.29 is 24.0 Å². The summed E-state index contributed by atoms with van der Waals surface area (Å²) in [7, 11) is 0. The van der Waals surface area contributed by atoms with Crippen LogP contribution in [0, 0.1) is 11.8 Å². The highest BCUT2D eigenvalue weighted by molar-refractivity contribution is 6.32. The number of fused-ring (bicyclic) bond motifs is 2. The van der Waals surface area contributed by atoms with Crippen molar-refractivity contribution in [2.24, 2.45) is 11.8 Å². The van der Waals surface area contributed by atoms with Crippen molar-refractivity contribution in [1.29, 1.82) is 0 Å². The number of carbonyl (C=O) groups excluding carboxylic acids is 5. The Balaban J connectivity index is 1.45. The molecular weight excluding hydrogens is 470 g/mol. The van der Waals surface area contributed by atoms with Crippen molar-refractivity contribution in [3.8, 4) is 0 Å². The van der Waals surface area contributed by atoms with Gasteiger partial charge in [-0.25, -0.2) is 4.90 Å². The third-order valence-electron chi connectivity index (χ3n) is 6.83. The maximum Gasteiger partial charge on any atom is 0.261 e. The summed E-state index contributed by atoms with van der Waals surface area (Å²) < 4.78 is 0. The predicted octanol–water partition coefficient (Wildman–Crippen LogP) is 4.05. The molecule has 0 radical (unpaired) electrons. The molecule has 35 heavy (non-hydrogen) atoms. The van der Waals surface area contributed by atoms with E-state index < -0.39 is 17.7 Å². The normalized spacial score (nSPS) is 21.3. The van der Waals surface area contributed by atoms with Gasteiger partial charge in [0.2, 0.25) is 11.8 Å². The lowest BCUT2D eigenvalue weighted by Crippen LogP contribution is -2.32. The highest BCUT2D eigenvalue weighted by Crippen LogP contribution is 2.42. The molecule has 2 aromatic carbocycles. The predicted molar refractivity (Wildman–Crippen MR) is 129 cm³/mol. The highest BCUT2D eigenvalue weighted by atomic mass is 35.5. The fourth-order valence-corrected chi connectivity index (χ4v) is 5.28. The van der Waals surface area contributed by atoms with Crippen LogP contribution in [0.15, 0.2) is 49.1 Å². The quantitative estimate of drug-likeness (QED) is 0.502. The first-order chi connectivity index (χ1) is 16.8. The Hall–Kier alpha value is -3.78. The molecular formula is C26H22ClN3O5. The summed E-state index contributed by atoms with van der Waals surface area (Å²) in [4.78, 5) is 66.6. The summed E-state index contributed by atoms with van der Waals surface area (Å²) in [6.45, 7) is 3.63. The molecule has 0 aromatic heterocycles. The summed E-state index contributed by atoms with van der Waals surface area (Å²) >= 11 is 6.19. The van der Waals surface area contributed by atoms with Crippen LogP contribution in [0.5, 0.6) is 0 Å². The number of anilines is 2. The average Bonchev–Trinajstić information content (AvgIpc) is 3.25.